The number of benzene rings is 1. The van der Waals surface area contributed by atoms with E-state index in [1.165, 1.54) is 11.1 Å². The highest BCUT2D eigenvalue weighted by Gasteiger charge is 2.01. The molecule has 0 aliphatic heterocycles. The summed E-state index contributed by atoms with van der Waals surface area (Å²) in [6.07, 6.45) is 4.63. The number of rotatable bonds is 5. The molecule has 0 bridgehead atoms. The first-order chi connectivity index (χ1) is 9.17. The fourth-order valence-electron chi connectivity index (χ4n) is 1.97. The number of aromatic nitrogens is 1. The molecular weight excluding hydrogens is 236 g/mol. The Bertz CT molecular complexity index is 532. The van der Waals surface area contributed by atoms with E-state index >= 15 is 0 Å². The first-order valence-electron chi connectivity index (χ1n) is 6.62. The van der Waals surface area contributed by atoms with Gasteiger partial charge in [0.2, 0.25) is 0 Å². The van der Waals surface area contributed by atoms with Crippen molar-refractivity contribution in [3.05, 3.63) is 47.8 Å². The molecule has 3 heteroatoms. The third-order valence-electron chi connectivity index (χ3n) is 2.72. The van der Waals surface area contributed by atoms with Crippen molar-refractivity contribution < 1.29 is 4.74 Å². The van der Waals surface area contributed by atoms with Gasteiger partial charge in [-0.05, 0) is 43.5 Å². The largest absolute Gasteiger partial charge is 0.456 e. The number of nitrogens with zero attached hydrogens (tertiary/aromatic N) is 1. The molecule has 0 spiro atoms. The molecule has 19 heavy (non-hydrogen) atoms. The molecule has 1 N–H and O–H groups in total. The van der Waals surface area contributed by atoms with E-state index in [-0.39, 0.29) is 0 Å². The molecule has 0 unspecified atom stereocenters. The van der Waals surface area contributed by atoms with Crippen LogP contribution in [0.15, 0.2) is 36.7 Å². The average Bonchev–Trinajstić information content (AvgIpc) is 2.35. The van der Waals surface area contributed by atoms with Gasteiger partial charge in [0.05, 0.1) is 18.1 Å². The van der Waals surface area contributed by atoms with E-state index in [1.54, 1.807) is 6.20 Å². The van der Waals surface area contributed by atoms with Crippen LogP contribution in [0.5, 0.6) is 11.5 Å². The molecule has 0 saturated heterocycles. The lowest BCUT2D eigenvalue weighted by molar-refractivity contribution is 0.479. The summed E-state index contributed by atoms with van der Waals surface area (Å²) in [5.74, 6) is 1.61. The van der Waals surface area contributed by atoms with Crippen molar-refractivity contribution in [2.24, 2.45) is 0 Å². The zero-order chi connectivity index (χ0) is 13.7. The Labute approximate surface area is 114 Å². The van der Waals surface area contributed by atoms with Crippen LogP contribution in [0, 0.1) is 13.8 Å². The summed E-state index contributed by atoms with van der Waals surface area (Å²) < 4.78 is 5.86. The predicted octanol–water partition coefficient (Wildman–Crippen LogP) is 4.31. The normalized spacial score (nSPS) is 10.3. The topological polar surface area (TPSA) is 34.2 Å². The first-order valence-corrected chi connectivity index (χ1v) is 6.62. The number of hydrogen-bond donors (Lipinski definition) is 1. The van der Waals surface area contributed by atoms with Gasteiger partial charge in [-0.25, -0.2) is 0 Å². The fraction of sp³-hybridized carbons (Fsp3) is 0.312. The van der Waals surface area contributed by atoms with Gasteiger partial charge in [-0.3, -0.25) is 4.98 Å². The maximum atomic E-state index is 5.86. The van der Waals surface area contributed by atoms with Gasteiger partial charge in [0.15, 0.2) is 0 Å². The van der Waals surface area contributed by atoms with E-state index in [2.05, 4.69) is 37.1 Å². The van der Waals surface area contributed by atoms with E-state index in [0.717, 1.165) is 30.2 Å². The number of nitrogens with one attached hydrogen (secondary N) is 1. The summed E-state index contributed by atoms with van der Waals surface area (Å²) in [6, 6.07) is 8.16. The maximum absolute atomic E-state index is 5.86. The van der Waals surface area contributed by atoms with E-state index in [4.69, 9.17) is 4.74 Å². The SMILES string of the molecule is CCCNc1cncc(Oc2cc(C)cc(C)c2)c1. The number of hydrogen-bond acceptors (Lipinski definition) is 3. The second-order valence-corrected chi connectivity index (χ2v) is 4.76. The predicted molar refractivity (Wildman–Crippen MR) is 79.0 cm³/mol. The summed E-state index contributed by atoms with van der Waals surface area (Å²) in [7, 11) is 0. The second-order valence-electron chi connectivity index (χ2n) is 4.76. The van der Waals surface area contributed by atoms with E-state index in [0.29, 0.717) is 0 Å². The Balaban J connectivity index is 2.13. The molecule has 0 amide bonds. The average molecular weight is 256 g/mol. The van der Waals surface area contributed by atoms with Crippen molar-refractivity contribution in [1.82, 2.24) is 4.98 Å². The van der Waals surface area contributed by atoms with Crippen LogP contribution in [0.1, 0.15) is 24.5 Å². The van der Waals surface area contributed by atoms with E-state index < -0.39 is 0 Å². The molecular formula is C16H20N2O. The van der Waals surface area contributed by atoms with Crippen LogP contribution in [0.4, 0.5) is 5.69 Å². The van der Waals surface area contributed by atoms with E-state index in [9.17, 15) is 0 Å². The standard InChI is InChI=1S/C16H20N2O/c1-4-5-18-14-9-16(11-17-10-14)19-15-7-12(2)6-13(3)8-15/h6-11,18H,4-5H2,1-3H3. The molecule has 0 fully saturated rings. The molecule has 0 aliphatic carbocycles. The Hall–Kier alpha value is -2.03. The third-order valence-corrected chi connectivity index (χ3v) is 2.72. The summed E-state index contributed by atoms with van der Waals surface area (Å²) in [4.78, 5) is 4.19. The number of pyridine rings is 1. The smallest absolute Gasteiger partial charge is 0.147 e. The van der Waals surface area contributed by atoms with Crippen LogP contribution in [0.25, 0.3) is 0 Å². The van der Waals surface area contributed by atoms with Crippen LogP contribution in [0.2, 0.25) is 0 Å². The van der Waals surface area contributed by atoms with Crippen LogP contribution in [-0.4, -0.2) is 11.5 Å². The van der Waals surface area contributed by atoms with Gasteiger partial charge < -0.3 is 10.1 Å². The molecule has 2 aromatic rings. The summed E-state index contributed by atoms with van der Waals surface area (Å²) in [6.45, 7) is 7.21. The van der Waals surface area contributed by atoms with Gasteiger partial charge in [0.25, 0.3) is 0 Å². The first kappa shape index (κ1) is 13.4. The van der Waals surface area contributed by atoms with Crippen molar-refractivity contribution >= 4 is 5.69 Å². The quantitative estimate of drug-likeness (QED) is 0.865. The van der Waals surface area contributed by atoms with Crippen LogP contribution >= 0.6 is 0 Å². The van der Waals surface area contributed by atoms with Gasteiger partial charge in [-0.15, -0.1) is 0 Å². The highest BCUT2D eigenvalue weighted by molar-refractivity contribution is 5.46. The molecule has 0 saturated carbocycles. The minimum Gasteiger partial charge on any atom is -0.456 e. The van der Waals surface area contributed by atoms with Gasteiger partial charge >= 0.3 is 0 Å². The van der Waals surface area contributed by atoms with Crippen LogP contribution < -0.4 is 10.1 Å². The summed E-state index contributed by atoms with van der Waals surface area (Å²) in [5.41, 5.74) is 3.38. The lowest BCUT2D eigenvalue weighted by Crippen LogP contribution is -2.00. The number of ether oxygens (including phenoxy) is 1. The van der Waals surface area contributed by atoms with Gasteiger partial charge in [-0.2, -0.15) is 0 Å². The summed E-state index contributed by atoms with van der Waals surface area (Å²) >= 11 is 0. The molecule has 0 atom stereocenters. The van der Waals surface area contributed by atoms with Gasteiger partial charge in [-0.1, -0.05) is 13.0 Å². The lowest BCUT2D eigenvalue weighted by atomic mass is 10.1. The Kier molecular flexibility index (Phi) is 4.39. The molecule has 2 rings (SSSR count). The minimum atomic E-state index is 0.756. The van der Waals surface area contributed by atoms with E-state index in [1.807, 2.05) is 24.4 Å². The van der Waals surface area contributed by atoms with Crippen molar-refractivity contribution in [3.8, 4) is 11.5 Å². The van der Waals surface area contributed by atoms with Crippen LogP contribution in [-0.2, 0) is 0 Å². The molecule has 1 heterocycles. The Morgan fingerprint density at radius 1 is 1.00 bits per heavy atom. The van der Waals surface area contributed by atoms with Gasteiger partial charge in [0.1, 0.15) is 11.5 Å². The van der Waals surface area contributed by atoms with Crippen molar-refractivity contribution in [2.45, 2.75) is 27.2 Å². The third kappa shape index (κ3) is 3.98. The molecule has 0 aliphatic rings. The maximum Gasteiger partial charge on any atom is 0.147 e. The zero-order valence-electron chi connectivity index (χ0n) is 11.7. The fourth-order valence-corrected chi connectivity index (χ4v) is 1.97. The highest BCUT2D eigenvalue weighted by Crippen LogP contribution is 2.24. The monoisotopic (exact) mass is 256 g/mol. The molecule has 100 valence electrons. The Morgan fingerprint density at radius 2 is 1.74 bits per heavy atom. The Morgan fingerprint density at radius 3 is 2.42 bits per heavy atom. The van der Waals surface area contributed by atoms with Crippen molar-refractivity contribution in [2.75, 3.05) is 11.9 Å². The van der Waals surface area contributed by atoms with Crippen molar-refractivity contribution in [1.29, 1.82) is 0 Å². The molecule has 0 radical (unpaired) electrons. The van der Waals surface area contributed by atoms with Crippen LogP contribution in [0.3, 0.4) is 0 Å². The zero-order valence-corrected chi connectivity index (χ0v) is 11.7. The van der Waals surface area contributed by atoms with Crippen molar-refractivity contribution in [3.63, 3.8) is 0 Å². The minimum absolute atomic E-state index is 0.756. The highest BCUT2D eigenvalue weighted by atomic mass is 16.5. The summed E-state index contributed by atoms with van der Waals surface area (Å²) in [5, 5.41) is 3.30. The number of anilines is 1. The lowest BCUT2D eigenvalue weighted by Gasteiger charge is -2.09. The molecule has 3 nitrogen and oxygen atoms in total. The molecule has 1 aromatic carbocycles. The number of aryl methyl sites for hydroxylation is 2. The second kappa shape index (κ2) is 6.23. The molecule has 1 aromatic heterocycles. The van der Waals surface area contributed by atoms with Gasteiger partial charge in [0, 0.05) is 12.6 Å².